The van der Waals surface area contributed by atoms with Gasteiger partial charge in [-0.25, -0.2) is 9.78 Å². The third-order valence-electron chi connectivity index (χ3n) is 7.96. The Morgan fingerprint density at radius 1 is 1.16 bits per heavy atom. The largest absolute Gasteiger partial charge is 0.491 e. The van der Waals surface area contributed by atoms with Crippen molar-refractivity contribution in [2.45, 2.75) is 71.1 Å². The highest BCUT2D eigenvalue weighted by atomic mass is 35.5. The van der Waals surface area contributed by atoms with Crippen molar-refractivity contribution in [2.24, 2.45) is 0 Å². The van der Waals surface area contributed by atoms with Crippen molar-refractivity contribution in [2.75, 3.05) is 13.2 Å². The number of aromatic nitrogens is 2. The van der Waals surface area contributed by atoms with Gasteiger partial charge in [-0.15, -0.1) is 11.3 Å². The molecule has 3 heterocycles. The molecule has 43 heavy (non-hydrogen) atoms. The van der Waals surface area contributed by atoms with E-state index in [4.69, 9.17) is 21.1 Å². The average Bonchev–Trinajstić information content (AvgIpc) is 3.62. The number of benzene rings is 2. The van der Waals surface area contributed by atoms with Gasteiger partial charge in [-0.3, -0.25) is 9.78 Å². The molecule has 224 valence electrons. The summed E-state index contributed by atoms with van der Waals surface area (Å²) in [6, 6.07) is 13.6. The molecule has 2 amide bonds. The first-order valence-corrected chi connectivity index (χ1v) is 15.7. The van der Waals surface area contributed by atoms with Crippen LogP contribution in [0, 0.1) is 13.8 Å². The normalized spacial score (nSPS) is 17.3. The van der Waals surface area contributed by atoms with Crippen molar-refractivity contribution in [1.82, 2.24) is 20.2 Å². The molecular weight excluding hydrogens is 584 g/mol. The van der Waals surface area contributed by atoms with Gasteiger partial charge in [0.15, 0.2) is 0 Å². The smallest absolute Gasteiger partial charge is 0.410 e. The van der Waals surface area contributed by atoms with Crippen LogP contribution in [0.5, 0.6) is 5.75 Å². The second-order valence-corrected chi connectivity index (χ2v) is 13.9. The quantitative estimate of drug-likeness (QED) is 0.231. The Balaban J connectivity index is 1.21. The second kappa shape index (κ2) is 11.1. The van der Waals surface area contributed by atoms with E-state index in [2.05, 4.69) is 21.4 Å². The summed E-state index contributed by atoms with van der Waals surface area (Å²) in [5.41, 5.74) is 3.17. The SMILES string of the molecule is Cc1nc(Cl)c(-c2cc(C3(NC(=O)c4cc(OC[C@@H]5CCN5C(=O)OC(C)(C)C)ccc4C)CC3)c3cccnc3c2)s1. The fraction of sp³-hybridized carbons (Fsp3) is 0.394. The summed E-state index contributed by atoms with van der Waals surface area (Å²) in [4.78, 5) is 37.9. The number of thiazole rings is 1. The molecule has 8 nitrogen and oxygen atoms in total. The van der Waals surface area contributed by atoms with Gasteiger partial charge in [-0.2, -0.15) is 0 Å². The molecule has 10 heteroatoms. The number of halogens is 1. The maximum Gasteiger partial charge on any atom is 0.410 e. The Morgan fingerprint density at radius 2 is 1.95 bits per heavy atom. The van der Waals surface area contributed by atoms with Crippen LogP contribution in [0.2, 0.25) is 5.15 Å². The summed E-state index contributed by atoms with van der Waals surface area (Å²) >= 11 is 8.03. The molecule has 2 aromatic heterocycles. The zero-order valence-corrected chi connectivity index (χ0v) is 26.6. The van der Waals surface area contributed by atoms with Gasteiger partial charge in [0.2, 0.25) is 0 Å². The van der Waals surface area contributed by atoms with E-state index >= 15 is 0 Å². The number of rotatable bonds is 7. The molecule has 6 rings (SSSR count). The average molecular weight is 619 g/mol. The van der Waals surface area contributed by atoms with Crippen molar-refractivity contribution in [3.8, 4) is 16.2 Å². The van der Waals surface area contributed by atoms with Crippen LogP contribution in [0.15, 0.2) is 48.7 Å². The van der Waals surface area contributed by atoms with Gasteiger partial charge < -0.3 is 19.7 Å². The minimum absolute atomic E-state index is 0.0619. The van der Waals surface area contributed by atoms with Crippen molar-refractivity contribution in [3.05, 3.63) is 75.5 Å². The van der Waals surface area contributed by atoms with Crippen LogP contribution in [-0.2, 0) is 10.3 Å². The Bertz CT molecular complexity index is 1730. The number of fused-ring (bicyclic) bond motifs is 1. The molecular formula is C33H35ClN4O4S. The van der Waals surface area contributed by atoms with Gasteiger partial charge in [0.25, 0.3) is 5.91 Å². The highest BCUT2D eigenvalue weighted by molar-refractivity contribution is 7.15. The van der Waals surface area contributed by atoms with Crippen LogP contribution in [0.4, 0.5) is 4.79 Å². The molecule has 0 spiro atoms. The number of nitrogens with zero attached hydrogens (tertiary/aromatic N) is 3. The highest BCUT2D eigenvalue weighted by Crippen LogP contribution is 2.50. The number of hydrogen-bond acceptors (Lipinski definition) is 7. The fourth-order valence-corrected chi connectivity index (χ4v) is 6.66. The molecule has 1 saturated carbocycles. The lowest BCUT2D eigenvalue weighted by Crippen LogP contribution is -2.55. The van der Waals surface area contributed by atoms with E-state index in [1.165, 1.54) is 0 Å². The molecule has 4 aromatic rings. The van der Waals surface area contributed by atoms with Crippen LogP contribution in [-0.4, -0.2) is 51.7 Å². The molecule has 2 aromatic carbocycles. The third kappa shape index (κ3) is 6.06. The lowest BCUT2D eigenvalue weighted by molar-refractivity contribution is -0.0141. The summed E-state index contributed by atoms with van der Waals surface area (Å²) < 4.78 is 11.6. The minimum atomic E-state index is -0.548. The Morgan fingerprint density at radius 3 is 2.60 bits per heavy atom. The summed E-state index contributed by atoms with van der Waals surface area (Å²) in [6.07, 6.45) is 3.93. The van der Waals surface area contributed by atoms with Crippen LogP contribution in [0.1, 0.15) is 66.5 Å². The maximum absolute atomic E-state index is 13.8. The minimum Gasteiger partial charge on any atom is -0.491 e. The van der Waals surface area contributed by atoms with E-state index in [9.17, 15) is 9.59 Å². The van der Waals surface area contributed by atoms with Gasteiger partial charge >= 0.3 is 6.09 Å². The molecule has 0 bridgehead atoms. The zero-order chi connectivity index (χ0) is 30.5. The first kappa shape index (κ1) is 29.4. The Labute approximate surface area is 260 Å². The van der Waals surface area contributed by atoms with E-state index in [0.717, 1.165) is 56.7 Å². The van der Waals surface area contributed by atoms with Crippen molar-refractivity contribution in [3.63, 3.8) is 0 Å². The molecule has 0 unspecified atom stereocenters. The van der Waals surface area contributed by atoms with E-state index in [-0.39, 0.29) is 18.0 Å². The second-order valence-electron chi connectivity index (χ2n) is 12.4. The number of pyridine rings is 1. The number of amides is 2. The molecule has 2 aliphatic rings. The highest BCUT2D eigenvalue weighted by Gasteiger charge is 2.47. The number of nitrogens with one attached hydrogen (secondary N) is 1. The van der Waals surface area contributed by atoms with Crippen LogP contribution >= 0.6 is 22.9 Å². The molecule has 1 aliphatic heterocycles. The maximum atomic E-state index is 13.8. The van der Waals surface area contributed by atoms with Gasteiger partial charge in [-0.05, 0) is 101 Å². The van der Waals surface area contributed by atoms with Gasteiger partial charge in [-0.1, -0.05) is 23.7 Å². The zero-order valence-electron chi connectivity index (χ0n) is 25.0. The number of carbonyl (C=O) groups excluding carboxylic acids is 2. The number of carbonyl (C=O) groups is 2. The lowest BCUT2D eigenvalue weighted by Gasteiger charge is -2.41. The number of ether oxygens (including phenoxy) is 2. The van der Waals surface area contributed by atoms with Gasteiger partial charge in [0, 0.05) is 23.7 Å². The Hall–Kier alpha value is -3.69. The number of likely N-dealkylation sites (tertiary alicyclic amines) is 1. The molecule has 1 saturated heterocycles. The van der Waals surface area contributed by atoms with E-state index in [1.54, 1.807) is 28.5 Å². The van der Waals surface area contributed by atoms with Crippen molar-refractivity contribution in [1.29, 1.82) is 0 Å². The van der Waals surface area contributed by atoms with E-state index < -0.39 is 11.1 Å². The molecule has 0 radical (unpaired) electrons. The molecule has 1 N–H and O–H groups in total. The van der Waals surface area contributed by atoms with Crippen LogP contribution < -0.4 is 10.1 Å². The van der Waals surface area contributed by atoms with Crippen LogP contribution in [0.3, 0.4) is 0 Å². The first-order chi connectivity index (χ1) is 20.4. The van der Waals surface area contributed by atoms with Crippen LogP contribution in [0.25, 0.3) is 21.3 Å². The summed E-state index contributed by atoms with van der Waals surface area (Å²) in [6.45, 7) is 10.4. The van der Waals surface area contributed by atoms with E-state index in [0.29, 0.717) is 29.6 Å². The topological polar surface area (TPSA) is 93.7 Å². The predicted molar refractivity (Wildman–Crippen MR) is 169 cm³/mol. The van der Waals surface area contributed by atoms with Gasteiger partial charge in [0.1, 0.15) is 23.1 Å². The molecule has 1 aliphatic carbocycles. The predicted octanol–water partition coefficient (Wildman–Crippen LogP) is 7.44. The standard InChI is InChI=1S/C33H35ClN4O4S/c1-19-8-9-23(41-18-22-10-14-38(22)31(40)42-32(3,4)5)17-25(19)30(39)37-33(11-12-33)26-15-21(28-29(34)36-20(2)43-28)16-27-24(26)7-6-13-35-27/h6-9,13,15-17,22H,10-12,14,18H2,1-5H3,(H,37,39)/t22-/m0/s1. The summed E-state index contributed by atoms with van der Waals surface area (Å²) in [5.74, 6) is 0.428. The third-order valence-corrected chi connectivity index (χ3v) is 9.37. The monoisotopic (exact) mass is 618 g/mol. The van der Waals surface area contributed by atoms with E-state index in [1.807, 2.05) is 65.0 Å². The Kier molecular flexibility index (Phi) is 7.59. The lowest BCUT2D eigenvalue weighted by atomic mass is 9.95. The van der Waals surface area contributed by atoms with Crippen molar-refractivity contribution >= 4 is 45.8 Å². The molecule has 2 fully saturated rings. The first-order valence-electron chi connectivity index (χ1n) is 14.5. The van der Waals surface area contributed by atoms with Crippen molar-refractivity contribution < 1.29 is 19.1 Å². The fourth-order valence-electron chi connectivity index (χ4n) is 5.46. The number of aryl methyl sites for hydroxylation is 2. The number of hydrogen-bond donors (Lipinski definition) is 1. The summed E-state index contributed by atoms with van der Waals surface area (Å²) in [7, 11) is 0. The van der Waals surface area contributed by atoms with Gasteiger partial charge in [0.05, 0.1) is 27.0 Å². The molecule has 1 atom stereocenters. The summed E-state index contributed by atoms with van der Waals surface area (Å²) in [5, 5.41) is 5.72.